The van der Waals surface area contributed by atoms with Crippen molar-refractivity contribution < 1.29 is 33.4 Å². The van der Waals surface area contributed by atoms with Crippen molar-refractivity contribution in [1.29, 1.82) is 0 Å². The third kappa shape index (κ3) is 7.41. The first-order valence-electron chi connectivity index (χ1n) is 17.5. The first-order chi connectivity index (χ1) is 23.2. The van der Waals surface area contributed by atoms with Crippen molar-refractivity contribution in [2.75, 3.05) is 33.0 Å². The van der Waals surface area contributed by atoms with Gasteiger partial charge in [-0.15, -0.1) is 0 Å². The van der Waals surface area contributed by atoms with Gasteiger partial charge in [-0.2, -0.15) is 0 Å². The second-order valence-corrected chi connectivity index (χ2v) is 20.9. The fourth-order valence-electron chi connectivity index (χ4n) is 7.40. The van der Waals surface area contributed by atoms with E-state index in [0.29, 0.717) is 71.3 Å². The molecule has 0 atom stereocenters. The standard InChI is InChI=1S/C35H52N6O7Si/c1-5-18-38-29(42)27(28(36)37)30(43)41(33(38)46)26-12-16-34(17-13-26,23-48-21-25-10-7-6-8-11-25)22-40-32(45)39(24-47-19-20-49(2,3)4)31(44)35(40)14-9-15-35/h6-8,10-11,26H,5,9,12-24,36-37H2,1-4H3. The van der Waals surface area contributed by atoms with E-state index in [1.165, 1.54) is 4.90 Å². The Morgan fingerprint density at radius 2 is 1.57 bits per heavy atom. The summed E-state index contributed by atoms with van der Waals surface area (Å²) in [6, 6.07) is 9.23. The Labute approximate surface area is 289 Å². The topological polar surface area (TPSA) is 169 Å². The van der Waals surface area contributed by atoms with Gasteiger partial charge < -0.3 is 25.8 Å². The molecule has 1 spiro atoms. The van der Waals surface area contributed by atoms with Gasteiger partial charge in [-0.1, -0.05) is 56.9 Å². The Kier molecular flexibility index (Phi) is 10.9. The number of barbiturate groups is 1. The van der Waals surface area contributed by atoms with Crippen molar-refractivity contribution in [3.63, 3.8) is 0 Å². The van der Waals surface area contributed by atoms with Gasteiger partial charge in [0, 0.05) is 39.2 Å². The van der Waals surface area contributed by atoms with Crippen molar-refractivity contribution in [2.45, 2.75) is 102 Å². The van der Waals surface area contributed by atoms with Crippen molar-refractivity contribution in [3.05, 3.63) is 47.3 Å². The molecule has 0 radical (unpaired) electrons. The van der Waals surface area contributed by atoms with Crippen LogP contribution in [0.2, 0.25) is 25.7 Å². The van der Waals surface area contributed by atoms with E-state index >= 15 is 0 Å². The quantitative estimate of drug-likeness (QED) is 0.0962. The molecule has 4 N–H and O–H groups in total. The predicted octanol–water partition coefficient (Wildman–Crippen LogP) is 3.96. The highest BCUT2D eigenvalue weighted by Crippen LogP contribution is 2.48. The van der Waals surface area contributed by atoms with Gasteiger partial charge >= 0.3 is 12.1 Å². The number of ether oxygens (including phenoxy) is 2. The first-order valence-corrected chi connectivity index (χ1v) is 21.2. The van der Waals surface area contributed by atoms with Gasteiger partial charge in [-0.05, 0) is 63.0 Å². The number of hydrogen-bond donors (Lipinski definition) is 2. The lowest BCUT2D eigenvalue weighted by atomic mass is 9.69. The molecule has 4 fully saturated rings. The zero-order valence-corrected chi connectivity index (χ0v) is 30.4. The zero-order valence-electron chi connectivity index (χ0n) is 29.4. The van der Waals surface area contributed by atoms with Crippen LogP contribution in [0.1, 0.15) is 63.9 Å². The minimum atomic E-state index is -1.35. The minimum absolute atomic E-state index is 0.0632. The van der Waals surface area contributed by atoms with Crippen LogP contribution in [0.3, 0.4) is 0 Å². The smallest absolute Gasteiger partial charge is 0.334 e. The average molecular weight is 697 g/mol. The summed E-state index contributed by atoms with van der Waals surface area (Å²) < 4.78 is 12.2. The fraction of sp³-hybridized carbons (Fsp3) is 0.629. The molecule has 5 rings (SSSR count). The molecule has 1 aromatic carbocycles. The van der Waals surface area contributed by atoms with Crippen LogP contribution in [0.25, 0.3) is 0 Å². The highest BCUT2D eigenvalue weighted by Gasteiger charge is 2.62. The lowest BCUT2D eigenvalue weighted by molar-refractivity contribution is -0.142. The summed E-state index contributed by atoms with van der Waals surface area (Å²) in [4.78, 5) is 73.1. The third-order valence-electron chi connectivity index (χ3n) is 10.5. The van der Waals surface area contributed by atoms with Gasteiger partial charge in [-0.25, -0.2) is 14.5 Å². The average Bonchev–Trinajstić information content (AvgIpc) is 3.23. The molecule has 7 amide bonds. The lowest BCUT2D eigenvalue weighted by Gasteiger charge is -2.49. The summed E-state index contributed by atoms with van der Waals surface area (Å²) in [5.41, 5.74) is 10.7. The van der Waals surface area contributed by atoms with Crippen LogP contribution in [0.4, 0.5) is 9.59 Å². The van der Waals surface area contributed by atoms with E-state index in [1.54, 1.807) is 4.90 Å². The largest absolute Gasteiger partial charge is 0.385 e. The molecule has 2 aliphatic heterocycles. The van der Waals surface area contributed by atoms with Crippen LogP contribution in [0, 0.1) is 5.41 Å². The maximum atomic E-state index is 14.0. The van der Waals surface area contributed by atoms with Crippen LogP contribution in [-0.2, 0) is 30.5 Å². The van der Waals surface area contributed by atoms with Gasteiger partial charge in [-0.3, -0.25) is 24.2 Å². The number of rotatable bonds is 14. The molecule has 49 heavy (non-hydrogen) atoms. The van der Waals surface area contributed by atoms with Gasteiger partial charge in [0.15, 0.2) is 0 Å². The molecule has 13 nitrogen and oxygen atoms in total. The summed E-state index contributed by atoms with van der Waals surface area (Å²) in [6.45, 7) is 10.2. The molecule has 14 heteroatoms. The summed E-state index contributed by atoms with van der Waals surface area (Å²) in [6.07, 6.45) is 4.43. The van der Waals surface area contributed by atoms with Crippen molar-refractivity contribution in [2.24, 2.45) is 16.9 Å². The zero-order chi connectivity index (χ0) is 35.6. The normalized spacial score (nSPS) is 24.4. The predicted molar refractivity (Wildman–Crippen MR) is 185 cm³/mol. The molecule has 2 saturated carbocycles. The van der Waals surface area contributed by atoms with E-state index in [-0.39, 0.29) is 30.8 Å². The second kappa shape index (κ2) is 14.6. The van der Waals surface area contributed by atoms with Crippen molar-refractivity contribution >= 4 is 37.9 Å². The highest BCUT2D eigenvalue weighted by molar-refractivity contribution is 6.76. The molecule has 2 heterocycles. The molecular weight excluding hydrogens is 645 g/mol. The van der Waals surface area contributed by atoms with E-state index in [2.05, 4.69) is 19.6 Å². The van der Waals surface area contributed by atoms with Gasteiger partial charge in [0.1, 0.15) is 23.7 Å². The maximum Gasteiger partial charge on any atom is 0.334 e. The van der Waals surface area contributed by atoms with Crippen LogP contribution in [-0.4, -0.2) is 102 Å². The van der Waals surface area contributed by atoms with Crippen LogP contribution >= 0.6 is 0 Å². The summed E-state index contributed by atoms with van der Waals surface area (Å²) >= 11 is 0. The van der Waals surface area contributed by atoms with Crippen LogP contribution < -0.4 is 11.5 Å². The number of benzene rings is 1. The van der Waals surface area contributed by atoms with E-state index < -0.39 is 48.7 Å². The number of hydrogen-bond acceptors (Lipinski definition) is 9. The number of amides is 7. The molecule has 1 aromatic rings. The lowest BCUT2D eigenvalue weighted by Crippen LogP contribution is -2.62. The number of carbonyl (C=O) groups excluding carboxylic acids is 5. The molecule has 0 bridgehead atoms. The van der Waals surface area contributed by atoms with E-state index in [9.17, 15) is 24.0 Å². The number of nitrogens with two attached hydrogens (primary N) is 2. The highest BCUT2D eigenvalue weighted by atomic mass is 28.3. The Hall–Kier alpha value is -3.75. The van der Waals surface area contributed by atoms with Crippen molar-refractivity contribution in [3.8, 4) is 0 Å². The first kappa shape index (κ1) is 36.5. The van der Waals surface area contributed by atoms with Gasteiger partial charge in [0.05, 0.1) is 13.2 Å². The van der Waals surface area contributed by atoms with Crippen LogP contribution in [0.15, 0.2) is 41.7 Å². The number of nitrogens with zero attached hydrogens (tertiary/aromatic N) is 4. The molecule has 4 aliphatic rings. The van der Waals surface area contributed by atoms with Crippen molar-refractivity contribution in [1.82, 2.24) is 19.6 Å². The monoisotopic (exact) mass is 696 g/mol. The molecule has 268 valence electrons. The third-order valence-corrected chi connectivity index (χ3v) is 12.2. The van der Waals surface area contributed by atoms with E-state index in [1.807, 2.05) is 37.3 Å². The Morgan fingerprint density at radius 3 is 2.14 bits per heavy atom. The second-order valence-electron chi connectivity index (χ2n) is 15.3. The molecule has 2 aliphatic carbocycles. The minimum Gasteiger partial charge on any atom is -0.385 e. The molecule has 2 saturated heterocycles. The number of urea groups is 2. The SMILES string of the molecule is CCCN1C(=O)C(=C(N)N)C(=O)N(C2CCC(COCc3ccccc3)(CN3C(=O)N(COCC[Si](C)(C)C)C(=O)C34CCC4)CC2)C1=O. The molecular formula is C35H52N6O7Si. The maximum absolute atomic E-state index is 14.0. The number of carbonyl (C=O) groups is 5. The number of imide groups is 3. The van der Waals surface area contributed by atoms with E-state index in [0.717, 1.165) is 27.8 Å². The van der Waals surface area contributed by atoms with Gasteiger partial charge in [0.25, 0.3) is 17.7 Å². The van der Waals surface area contributed by atoms with Crippen LogP contribution in [0.5, 0.6) is 0 Å². The van der Waals surface area contributed by atoms with Gasteiger partial charge in [0.2, 0.25) is 0 Å². The Bertz CT molecular complexity index is 1460. The Morgan fingerprint density at radius 1 is 0.898 bits per heavy atom. The molecule has 0 aromatic heterocycles. The summed E-state index contributed by atoms with van der Waals surface area (Å²) in [5.74, 6) is -2.16. The summed E-state index contributed by atoms with van der Waals surface area (Å²) in [5, 5.41) is 0. The van der Waals surface area contributed by atoms with E-state index in [4.69, 9.17) is 20.9 Å². The summed E-state index contributed by atoms with van der Waals surface area (Å²) in [7, 11) is -1.35. The Balaban J connectivity index is 1.36. The fourth-order valence-corrected chi connectivity index (χ4v) is 8.16. The molecule has 0 unspecified atom stereocenters.